The molecule has 0 spiro atoms. The standard InChI is InChI=1S/C18H21F2NO5S/c1-25-16(22)18(8-2-3-9-18)21-27(23,24)15-7-5-12-10-14(26-17(19)20)6-4-13(12)11-15/h4,6,10-11,17,21H,2-3,5,7-9H2,1H3. The largest absolute Gasteiger partial charge is 0.468 e. The van der Waals surface area contributed by atoms with Gasteiger partial charge >= 0.3 is 12.6 Å². The van der Waals surface area contributed by atoms with E-state index in [0.717, 1.165) is 18.4 Å². The van der Waals surface area contributed by atoms with Crippen molar-refractivity contribution in [1.29, 1.82) is 0 Å². The lowest BCUT2D eigenvalue weighted by molar-refractivity contribution is -0.147. The zero-order valence-electron chi connectivity index (χ0n) is 14.8. The predicted octanol–water partition coefficient (Wildman–Crippen LogP) is 2.98. The summed E-state index contributed by atoms with van der Waals surface area (Å²) in [7, 11) is -2.65. The summed E-state index contributed by atoms with van der Waals surface area (Å²) in [5.41, 5.74) is 0.140. The van der Waals surface area contributed by atoms with Crippen molar-refractivity contribution in [2.24, 2.45) is 0 Å². The number of esters is 1. The Kier molecular flexibility index (Phi) is 5.53. The van der Waals surface area contributed by atoms with Gasteiger partial charge in [-0.3, -0.25) is 4.79 Å². The fourth-order valence-electron chi connectivity index (χ4n) is 3.68. The Balaban J connectivity index is 1.85. The highest BCUT2D eigenvalue weighted by atomic mass is 32.2. The molecule has 0 atom stereocenters. The second kappa shape index (κ2) is 7.55. The molecule has 0 heterocycles. The van der Waals surface area contributed by atoms with E-state index in [1.54, 1.807) is 6.07 Å². The van der Waals surface area contributed by atoms with E-state index in [0.29, 0.717) is 24.8 Å². The Morgan fingerprint density at radius 2 is 1.93 bits per heavy atom. The van der Waals surface area contributed by atoms with Gasteiger partial charge in [0.25, 0.3) is 0 Å². The Morgan fingerprint density at radius 3 is 2.56 bits per heavy atom. The van der Waals surface area contributed by atoms with Gasteiger partial charge in [0, 0.05) is 0 Å². The van der Waals surface area contributed by atoms with E-state index >= 15 is 0 Å². The molecular weight excluding hydrogens is 380 g/mol. The molecule has 1 N–H and O–H groups in total. The topological polar surface area (TPSA) is 81.7 Å². The van der Waals surface area contributed by atoms with Crippen molar-refractivity contribution in [3.05, 3.63) is 34.2 Å². The number of aryl methyl sites for hydroxylation is 1. The maximum Gasteiger partial charge on any atom is 0.387 e. The first kappa shape index (κ1) is 19.8. The molecule has 27 heavy (non-hydrogen) atoms. The van der Waals surface area contributed by atoms with Gasteiger partial charge in [0.15, 0.2) is 0 Å². The summed E-state index contributed by atoms with van der Waals surface area (Å²) < 4.78 is 62.2. The number of methoxy groups -OCH3 is 1. The van der Waals surface area contributed by atoms with Crippen LogP contribution in [0, 0.1) is 0 Å². The van der Waals surface area contributed by atoms with E-state index in [-0.39, 0.29) is 17.1 Å². The van der Waals surface area contributed by atoms with Crippen molar-refractivity contribution in [3.8, 4) is 5.75 Å². The van der Waals surface area contributed by atoms with Crippen LogP contribution in [0.25, 0.3) is 6.08 Å². The molecule has 2 aliphatic rings. The van der Waals surface area contributed by atoms with Crippen LogP contribution in [-0.4, -0.2) is 33.6 Å². The molecule has 1 fully saturated rings. The molecular formula is C18H21F2NO5S. The van der Waals surface area contributed by atoms with Crippen molar-refractivity contribution in [1.82, 2.24) is 4.72 Å². The molecule has 0 aromatic heterocycles. The number of carbonyl (C=O) groups is 1. The van der Waals surface area contributed by atoms with Crippen LogP contribution in [0.2, 0.25) is 0 Å². The highest BCUT2D eigenvalue weighted by Crippen LogP contribution is 2.35. The van der Waals surface area contributed by atoms with Crippen molar-refractivity contribution in [2.45, 2.75) is 50.7 Å². The Morgan fingerprint density at radius 1 is 1.22 bits per heavy atom. The molecule has 1 aromatic carbocycles. The van der Waals surface area contributed by atoms with Crippen LogP contribution < -0.4 is 9.46 Å². The quantitative estimate of drug-likeness (QED) is 0.741. The summed E-state index contributed by atoms with van der Waals surface area (Å²) in [6, 6.07) is 4.41. The van der Waals surface area contributed by atoms with Crippen LogP contribution in [0.5, 0.6) is 5.75 Å². The molecule has 0 radical (unpaired) electrons. The molecule has 1 aromatic rings. The summed E-state index contributed by atoms with van der Waals surface area (Å²) in [5, 5.41) is 0. The lowest BCUT2D eigenvalue weighted by atomic mass is 9.97. The number of fused-ring (bicyclic) bond motifs is 1. The molecule has 1 saturated carbocycles. The van der Waals surface area contributed by atoms with Gasteiger partial charge in [-0.1, -0.05) is 18.9 Å². The van der Waals surface area contributed by atoms with E-state index in [9.17, 15) is 22.0 Å². The third-order valence-corrected chi connectivity index (χ3v) is 6.68. The lowest BCUT2D eigenvalue weighted by Crippen LogP contribution is -2.53. The van der Waals surface area contributed by atoms with Gasteiger partial charge in [-0.15, -0.1) is 0 Å². The van der Waals surface area contributed by atoms with Gasteiger partial charge in [-0.2, -0.15) is 13.5 Å². The Bertz CT molecular complexity index is 861. The number of carbonyl (C=O) groups excluding carboxylic acids is 1. The molecule has 0 aliphatic heterocycles. The average molecular weight is 401 g/mol. The van der Waals surface area contributed by atoms with Crippen molar-refractivity contribution in [3.63, 3.8) is 0 Å². The first-order valence-electron chi connectivity index (χ1n) is 8.66. The number of halogens is 2. The first-order valence-corrected chi connectivity index (χ1v) is 10.1. The summed E-state index contributed by atoms with van der Waals surface area (Å²) in [6.07, 6.45) is 4.37. The number of allylic oxidation sites excluding steroid dienone is 1. The van der Waals surface area contributed by atoms with Crippen LogP contribution in [0.4, 0.5) is 8.78 Å². The minimum atomic E-state index is -3.89. The minimum absolute atomic E-state index is 0.0391. The second-order valence-corrected chi connectivity index (χ2v) is 8.47. The number of benzene rings is 1. The van der Waals surface area contributed by atoms with Crippen LogP contribution in [0.15, 0.2) is 23.1 Å². The zero-order valence-corrected chi connectivity index (χ0v) is 15.7. The summed E-state index contributed by atoms with van der Waals surface area (Å²) >= 11 is 0. The number of rotatable bonds is 6. The van der Waals surface area contributed by atoms with E-state index in [1.807, 2.05) is 0 Å². The molecule has 9 heteroatoms. The third kappa shape index (κ3) is 4.14. The number of hydrogen-bond acceptors (Lipinski definition) is 5. The monoisotopic (exact) mass is 401 g/mol. The number of sulfonamides is 1. The van der Waals surface area contributed by atoms with Gasteiger partial charge in [-0.25, -0.2) is 8.42 Å². The molecule has 6 nitrogen and oxygen atoms in total. The molecule has 0 saturated heterocycles. The van der Waals surface area contributed by atoms with Crippen LogP contribution in [0.3, 0.4) is 0 Å². The van der Waals surface area contributed by atoms with E-state index in [4.69, 9.17) is 4.74 Å². The molecule has 0 bridgehead atoms. The Labute approximate surface area is 156 Å². The number of alkyl halides is 2. The molecule has 3 rings (SSSR count). The number of nitrogens with one attached hydrogen (secondary N) is 1. The highest BCUT2D eigenvalue weighted by molar-refractivity contribution is 7.93. The second-order valence-electron chi connectivity index (χ2n) is 6.74. The smallest absolute Gasteiger partial charge is 0.387 e. The summed E-state index contributed by atoms with van der Waals surface area (Å²) in [4.78, 5) is 12.3. The van der Waals surface area contributed by atoms with Crippen molar-refractivity contribution in [2.75, 3.05) is 7.11 Å². The van der Waals surface area contributed by atoms with E-state index < -0.39 is 28.1 Å². The SMILES string of the molecule is COC(=O)C1(NS(=O)(=O)C2=Cc3ccc(OC(F)F)cc3CC2)CCCC1. The molecule has 2 aliphatic carbocycles. The maximum absolute atomic E-state index is 12.9. The fourth-order valence-corrected chi connectivity index (χ4v) is 5.26. The molecule has 0 amide bonds. The van der Waals surface area contributed by atoms with Gasteiger partial charge < -0.3 is 9.47 Å². The zero-order chi connectivity index (χ0) is 19.7. The minimum Gasteiger partial charge on any atom is -0.468 e. The molecule has 148 valence electrons. The third-order valence-electron chi connectivity index (χ3n) is 5.00. The van der Waals surface area contributed by atoms with Crippen molar-refractivity contribution >= 4 is 22.1 Å². The first-order chi connectivity index (χ1) is 12.8. The van der Waals surface area contributed by atoms with Gasteiger partial charge in [0.05, 0.1) is 12.0 Å². The summed E-state index contributed by atoms with van der Waals surface area (Å²) in [5.74, 6) is -0.536. The van der Waals surface area contributed by atoms with Crippen LogP contribution in [-0.2, 0) is 26.0 Å². The Hall–Kier alpha value is -2.00. The maximum atomic E-state index is 12.9. The summed E-state index contributed by atoms with van der Waals surface area (Å²) in [6.45, 7) is -2.91. The van der Waals surface area contributed by atoms with Crippen molar-refractivity contribution < 1.29 is 31.5 Å². The van der Waals surface area contributed by atoms with Crippen LogP contribution >= 0.6 is 0 Å². The highest BCUT2D eigenvalue weighted by Gasteiger charge is 2.46. The predicted molar refractivity (Wildman–Crippen MR) is 94.6 cm³/mol. The lowest BCUT2D eigenvalue weighted by Gasteiger charge is -2.28. The van der Waals surface area contributed by atoms with E-state index in [2.05, 4.69) is 9.46 Å². The van der Waals surface area contributed by atoms with Gasteiger partial charge in [0.1, 0.15) is 11.3 Å². The van der Waals surface area contributed by atoms with E-state index in [1.165, 1.54) is 25.3 Å². The normalized spacial score (nSPS) is 18.7. The molecule has 0 unspecified atom stereocenters. The van der Waals surface area contributed by atoms with Gasteiger partial charge in [0.2, 0.25) is 10.0 Å². The van der Waals surface area contributed by atoms with Crippen LogP contribution in [0.1, 0.15) is 43.2 Å². The number of ether oxygens (including phenoxy) is 2. The average Bonchev–Trinajstić information content (AvgIpc) is 3.09. The fraction of sp³-hybridized carbons (Fsp3) is 0.500. The van der Waals surface area contributed by atoms with Gasteiger partial charge in [-0.05, 0) is 55.0 Å². The number of hydrogen-bond donors (Lipinski definition) is 1.